The van der Waals surface area contributed by atoms with E-state index in [0.29, 0.717) is 6.61 Å². The van der Waals surface area contributed by atoms with Crippen LogP contribution in [0.2, 0.25) is 0 Å². The minimum atomic E-state index is -0.265. The van der Waals surface area contributed by atoms with Gasteiger partial charge in [0.15, 0.2) is 0 Å². The number of ether oxygens (including phenoxy) is 2. The first kappa shape index (κ1) is 12.2. The number of hydrogen-bond donors (Lipinski definition) is 0. The van der Waals surface area contributed by atoms with Crippen molar-refractivity contribution in [3.8, 4) is 0 Å². The monoisotopic (exact) mass is 189 g/mol. The second kappa shape index (κ2) is 5.80. The molecule has 78 valence electrons. The maximum absolute atomic E-state index is 10.9. The number of rotatable bonds is 2. The maximum Gasteiger partial charge on any atom is 0.410 e. The van der Waals surface area contributed by atoms with Gasteiger partial charge in [0.1, 0.15) is 6.61 Å². The van der Waals surface area contributed by atoms with Crippen LogP contribution in [0.15, 0.2) is 0 Å². The molecule has 4 heteroatoms. The highest BCUT2D eigenvalue weighted by molar-refractivity contribution is 5.69. The molecule has 0 N–H and O–H groups in total. The fourth-order valence-electron chi connectivity index (χ4n) is 1.11. The highest BCUT2D eigenvalue weighted by atomic mass is 16.6. The van der Waals surface area contributed by atoms with Crippen LogP contribution in [0, 0.1) is 0 Å². The lowest BCUT2D eigenvalue weighted by Gasteiger charge is -2.21. The molecule has 4 nitrogen and oxygen atoms in total. The number of carbonyl (C=O) groups excluding carboxylic acids is 1. The lowest BCUT2D eigenvalue weighted by Crippen LogP contribution is -2.38. The van der Waals surface area contributed by atoms with E-state index in [0.717, 1.165) is 0 Å². The topological polar surface area (TPSA) is 38.8 Å². The van der Waals surface area contributed by atoms with E-state index in [1.807, 2.05) is 20.8 Å². The molecule has 2 unspecified atom stereocenters. The Morgan fingerprint density at radius 2 is 2.15 bits per heavy atom. The Kier molecular flexibility index (Phi) is 5.46. The van der Waals surface area contributed by atoms with Gasteiger partial charge in [0.2, 0.25) is 0 Å². The summed E-state index contributed by atoms with van der Waals surface area (Å²) >= 11 is 0. The van der Waals surface area contributed by atoms with Crippen molar-refractivity contribution in [2.45, 2.75) is 32.9 Å². The Balaban J connectivity index is 0.000000671. The minimum Gasteiger partial charge on any atom is -0.447 e. The van der Waals surface area contributed by atoms with Gasteiger partial charge in [-0.05, 0) is 6.92 Å². The highest BCUT2D eigenvalue weighted by Gasteiger charge is 2.33. The summed E-state index contributed by atoms with van der Waals surface area (Å²) in [5, 5.41) is 0. The van der Waals surface area contributed by atoms with Crippen LogP contribution in [-0.4, -0.2) is 43.9 Å². The Labute approximate surface area is 79.8 Å². The second-order valence-electron chi connectivity index (χ2n) is 2.70. The molecule has 1 saturated heterocycles. The van der Waals surface area contributed by atoms with E-state index >= 15 is 0 Å². The molecule has 1 aliphatic rings. The average molecular weight is 189 g/mol. The SMILES string of the molecule is CC.COC(C)C1COC(=O)N1C. The smallest absolute Gasteiger partial charge is 0.410 e. The predicted molar refractivity (Wildman–Crippen MR) is 50.7 cm³/mol. The first-order valence-electron chi connectivity index (χ1n) is 4.59. The van der Waals surface area contributed by atoms with Crippen LogP contribution in [0.1, 0.15) is 20.8 Å². The Hall–Kier alpha value is -0.770. The minimum absolute atomic E-state index is 0.0337. The third kappa shape index (κ3) is 2.88. The molecule has 1 heterocycles. The van der Waals surface area contributed by atoms with Crippen molar-refractivity contribution in [3.63, 3.8) is 0 Å². The van der Waals surface area contributed by atoms with E-state index in [1.54, 1.807) is 19.1 Å². The van der Waals surface area contributed by atoms with Crippen molar-refractivity contribution < 1.29 is 14.3 Å². The summed E-state index contributed by atoms with van der Waals surface area (Å²) < 4.78 is 9.89. The zero-order valence-corrected chi connectivity index (χ0v) is 9.03. The molecule has 13 heavy (non-hydrogen) atoms. The van der Waals surface area contributed by atoms with Crippen molar-refractivity contribution in [1.29, 1.82) is 0 Å². The highest BCUT2D eigenvalue weighted by Crippen LogP contribution is 2.14. The molecule has 0 aromatic rings. The van der Waals surface area contributed by atoms with Crippen LogP contribution in [0.3, 0.4) is 0 Å². The standard InChI is InChI=1S/C7H13NO3.C2H6/c1-5(10-3)6-4-11-7(9)8(6)2;1-2/h5-6H,4H2,1-3H3;1-2H3. The molecule has 0 radical (unpaired) electrons. The lowest BCUT2D eigenvalue weighted by molar-refractivity contribution is 0.0603. The van der Waals surface area contributed by atoms with E-state index in [2.05, 4.69) is 0 Å². The summed E-state index contributed by atoms with van der Waals surface area (Å²) in [5.41, 5.74) is 0. The van der Waals surface area contributed by atoms with Crippen molar-refractivity contribution in [2.24, 2.45) is 0 Å². The summed E-state index contributed by atoms with van der Waals surface area (Å²) in [6, 6.07) is 0.0625. The van der Waals surface area contributed by atoms with E-state index < -0.39 is 0 Å². The van der Waals surface area contributed by atoms with Crippen molar-refractivity contribution in [2.75, 3.05) is 20.8 Å². The largest absolute Gasteiger partial charge is 0.447 e. The lowest BCUT2D eigenvalue weighted by atomic mass is 10.2. The van der Waals surface area contributed by atoms with E-state index in [4.69, 9.17) is 9.47 Å². The normalized spacial score (nSPS) is 23.3. The van der Waals surface area contributed by atoms with Gasteiger partial charge >= 0.3 is 6.09 Å². The van der Waals surface area contributed by atoms with Crippen molar-refractivity contribution >= 4 is 6.09 Å². The molecule has 0 bridgehead atoms. The average Bonchev–Trinajstić information content (AvgIpc) is 2.50. The van der Waals surface area contributed by atoms with Crippen molar-refractivity contribution in [1.82, 2.24) is 4.90 Å². The number of nitrogens with zero attached hydrogens (tertiary/aromatic N) is 1. The Bertz CT molecular complexity index is 161. The van der Waals surface area contributed by atoms with Crippen molar-refractivity contribution in [3.05, 3.63) is 0 Å². The number of amides is 1. The van der Waals surface area contributed by atoms with Crippen LogP contribution in [0.5, 0.6) is 0 Å². The van der Waals surface area contributed by atoms with Crippen LogP contribution in [0.25, 0.3) is 0 Å². The first-order chi connectivity index (χ1) is 6.16. The number of cyclic esters (lactones) is 1. The number of likely N-dealkylation sites (N-methyl/N-ethyl adjacent to an activating group) is 1. The maximum atomic E-state index is 10.9. The summed E-state index contributed by atoms with van der Waals surface area (Å²) in [6.07, 6.45) is -0.231. The third-order valence-corrected chi connectivity index (χ3v) is 2.08. The molecule has 2 atom stereocenters. The van der Waals surface area contributed by atoms with Gasteiger partial charge in [0, 0.05) is 14.2 Å². The predicted octanol–water partition coefficient (Wildman–Crippen LogP) is 1.50. The summed E-state index contributed by atoms with van der Waals surface area (Å²) in [7, 11) is 3.34. The molecular weight excluding hydrogens is 170 g/mol. The molecule has 0 aromatic carbocycles. The van der Waals surface area contributed by atoms with Gasteiger partial charge in [0.25, 0.3) is 0 Å². The van der Waals surface area contributed by atoms with Gasteiger partial charge in [-0.25, -0.2) is 4.79 Å². The molecule has 1 fully saturated rings. The molecular formula is C9H19NO3. The fourth-order valence-corrected chi connectivity index (χ4v) is 1.11. The van der Waals surface area contributed by atoms with Gasteiger partial charge in [-0.1, -0.05) is 13.8 Å². The Morgan fingerprint density at radius 1 is 1.62 bits per heavy atom. The molecule has 1 amide bonds. The van der Waals surface area contributed by atoms with Crippen LogP contribution >= 0.6 is 0 Å². The molecule has 1 aliphatic heterocycles. The van der Waals surface area contributed by atoms with Gasteiger partial charge < -0.3 is 14.4 Å². The zero-order valence-electron chi connectivity index (χ0n) is 9.03. The summed E-state index contributed by atoms with van der Waals surface area (Å²) in [5.74, 6) is 0. The fraction of sp³-hybridized carbons (Fsp3) is 0.889. The van der Waals surface area contributed by atoms with Gasteiger partial charge in [-0.15, -0.1) is 0 Å². The quantitative estimate of drug-likeness (QED) is 0.660. The van der Waals surface area contributed by atoms with Gasteiger partial charge in [-0.3, -0.25) is 0 Å². The number of methoxy groups -OCH3 is 1. The zero-order chi connectivity index (χ0) is 10.4. The summed E-state index contributed by atoms with van der Waals surface area (Å²) in [4.78, 5) is 12.4. The van der Waals surface area contributed by atoms with Gasteiger partial charge in [-0.2, -0.15) is 0 Å². The molecule has 0 spiro atoms. The number of carbonyl (C=O) groups is 1. The second-order valence-corrected chi connectivity index (χ2v) is 2.70. The molecule has 0 saturated carbocycles. The van der Waals surface area contributed by atoms with E-state index in [-0.39, 0.29) is 18.2 Å². The molecule has 1 rings (SSSR count). The van der Waals surface area contributed by atoms with E-state index in [1.165, 1.54) is 0 Å². The summed E-state index contributed by atoms with van der Waals surface area (Å²) in [6.45, 7) is 6.35. The molecule has 0 aromatic heterocycles. The number of hydrogen-bond acceptors (Lipinski definition) is 3. The Morgan fingerprint density at radius 3 is 2.46 bits per heavy atom. The van der Waals surface area contributed by atoms with Gasteiger partial charge in [0.05, 0.1) is 12.1 Å². The molecule has 0 aliphatic carbocycles. The van der Waals surface area contributed by atoms with Crippen LogP contribution < -0.4 is 0 Å². The first-order valence-corrected chi connectivity index (χ1v) is 4.59. The van der Waals surface area contributed by atoms with Crippen LogP contribution in [-0.2, 0) is 9.47 Å². The van der Waals surface area contributed by atoms with Crippen LogP contribution in [0.4, 0.5) is 4.79 Å². The van der Waals surface area contributed by atoms with E-state index in [9.17, 15) is 4.79 Å². The third-order valence-electron chi connectivity index (χ3n) is 2.08.